The zero-order valence-corrected chi connectivity index (χ0v) is 45.1. The van der Waals surface area contributed by atoms with Crippen LogP contribution in [0.5, 0.6) is 11.5 Å². The van der Waals surface area contributed by atoms with Gasteiger partial charge in [0.15, 0.2) is 0 Å². The summed E-state index contributed by atoms with van der Waals surface area (Å²) in [6.45, 7) is 4.10. The van der Waals surface area contributed by atoms with Crippen molar-refractivity contribution in [3.8, 4) is 33.8 Å². The number of phenols is 1. The predicted molar refractivity (Wildman–Crippen MR) is 297 cm³/mol. The van der Waals surface area contributed by atoms with Crippen LogP contribution in [0.2, 0.25) is 0 Å². The summed E-state index contributed by atoms with van der Waals surface area (Å²) in [6.07, 6.45) is 1.83. The Bertz CT molecular complexity index is 2710. The van der Waals surface area contributed by atoms with Gasteiger partial charge >= 0.3 is 0 Å². The Hall–Kier alpha value is -7.39. The summed E-state index contributed by atoms with van der Waals surface area (Å²) in [5.74, 6) is -4.13. The molecular weight excluding hydrogens is 1010 g/mol. The van der Waals surface area contributed by atoms with Crippen LogP contribution in [-0.2, 0) is 35.2 Å². The van der Waals surface area contributed by atoms with Crippen molar-refractivity contribution in [3.63, 3.8) is 0 Å². The van der Waals surface area contributed by atoms with Crippen molar-refractivity contribution in [2.45, 2.75) is 145 Å². The summed E-state index contributed by atoms with van der Waals surface area (Å²) in [6, 6.07) is 20.7. The standard InChI is InChI=1S/C59H77N9O11/c1-3-4-7-31-79-46-26-22-41(23-27-46)39-16-14-38(15-17-39)40-18-20-42(21-19-40)53(72)63-47-10-8-30-62-56(75)50-32-43(61)34-67(50)58(77)49(9-5-6-29-60)65-54(73)48(28-13-37-11-24-44(70)25-12-37)64-57(76)51-33-45(71)35-68(51)59(78)52(36(2)69)66-55(47)74/h11-12,14-27,36,43,45,47-52,69-71H,3-10,13,28-35,60-61H2,1-2H3,(H,62,75)(H,63,72)(H,64,76)(H,65,73)(H,66,74)/t36-,43+,45-,47+,48+,49+,50+,51+,52+/m1/s1. The lowest BCUT2D eigenvalue weighted by Gasteiger charge is -2.32. The minimum atomic E-state index is -1.66. The van der Waals surface area contributed by atoms with Gasteiger partial charge in [0, 0.05) is 37.7 Å². The number of aromatic hydroxyl groups is 1. The zero-order valence-electron chi connectivity index (χ0n) is 45.1. The number of benzene rings is 4. The molecule has 7 rings (SSSR count). The highest BCUT2D eigenvalue weighted by Gasteiger charge is 2.45. The third kappa shape index (κ3) is 16.1. The van der Waals surface area contributed by atoms with Crippen LogP contribution in [0.25, 0.3) is 22.3 Å². The van der Waals surface area contributed by atoms with Crippen molar-refractivity contribution in [3.05, 3.63) is 108 Å². The lowest BCUT2D eigenvalue weighted by molar-refractivity contribution is -0.145. The van der Waals surface area contributed by atoms with Gasteiger partial charge in [0.25, 0.3) is 5.91 Å². The first-order valence-electron chi connectivity index (χ1n) is 27.7. The molecule has 7 amide bonds. The number of aliphatic hydroxyl groups excluding tert-OH is 2. The topological polar surface area (TPSA) is 308 Å². The highest BCUT2D eigenvalue weighted by molar-refractivity contribution is 6.00. The maximum atomic E-state index is 14.5. The molecule has 20 heteroatoms. The first kappa shape index (κ1) is 59.3. The molecule has 3 aliphatic rings. The van der Waals surface area contributed by atoms with Crippen LogP contribution in [0.1, 0.15) is 100 Å². The van der Waals surface area contributed by atoms with E-state index in [4.69, 9.17) is 16.2 Å². The number of nitrogens with one attached hydrogen (secondary N) is 5. The van der Waals surface area contributed by atoms with Crippen LogP contribution in [0.15, 0.2) is 97.1 Å². The molecule has 3 aliphatic heterocycles. The number of ether oxygens (including phenoxy) is 1. The second-order valence-electron chi connectivity index (χ2n) is 20.9. The Balaban J connectivity index is 1.12. The van der Waals surface area contributed by atoms with Gasteiger partial charge < -0.3 is 67.9 Å². The number of hydrogen-bond donors (Lipinski definition) is 10. The van der Waals surface area contributed by atoms with Gasteiger partial charge in [0.05, 0.1) is 18.8 Å². The molecule has 3 saturated heterocycles. The number of phenolic OH excluding ortho intramolecular Hbond substituents is 1. The highest BCUT2D eigenvalue weighted by Crippen LogP contribution is 2.28. The number of nitrogens with two attached hydrogens (primary N) is 2. The molecule has 3 heterocycles. The van der Waals surface area contributed by atoms with Crippen molar-refractivity contribution in [1.82, 2.24) is 36.4 Å². The normalized spacial score (nSPS) is 24.0. The summed E-state index contributed by atoms with van der Waals surface area (Å²) in [5, 5.41) is 45.7. The van der Waals surface area contributed by atoms with E-state index in [1.165, 1.54) is 24.0 Å². The molecule has 9 atom stereocenters. The van der Waals surface area contributed by atoms with E-state index in [-0.39, 0.29) is 75.9 Å². The van der Waals surface area contributed by atoms with Crippen LogP contribution < -0.4 is 42.8 Å². The van der Waals surface area contributed by atoms with Gasteiger partial charge in [-0.2, -0.15) is 0 Å². The van der Waals surface area contributed by atoms with E-state index in [1.807, 2.05) is 48.5 Å². The number of unbranched alkanes of at least 4 members (excludes halogenated alkanes) is 3. The van der Waals surface area contributed by atoms with Crippen LogP contribution in [-0.4, -0.2) is 154 Å². The number of amides is 7. The second-order valence-corrected chi connectivity index (χ2v) is 20.9. The number of hydrogen-bond acceptors (Lipinski definition) is 13. The Kier molecular flexibility index (Phi) is 21.4. The van der Waals surface area contributed by atoms with Crippen LogP contribution in [0.4, 0.5) is 0 Å². The summed E-state index contributed by atoms with van der Waals surface area (Å²) in [5.41, 5.74) is 16.9. The quantitative estimate of drug-likeness (QED) is 0.0682. The van der Waals surface area contributed by atoms with E-state index >= 15 is 0 Å². The van der Waals surface area contributed by atoms with E-state index in [9.17, 15) is 48.9 Å². The third-order valence-electron chi connectivity index (χ3n) is 14.8. The highest BCUT2D eigenvalue weighted by atomic mass is 16.5. The number of rotatable bonds is 17. The van der Waals surface area contributed by atoms with Crippen molar-refractivity contribution in [1.29, 1.82) is 0 Å². The summed E-state index contributed by atoms with van der Waals surface area (Å²) >= 11 is 0. The zero-order chi connectivity index (χ0) is 56.6. The van der Waals surface area contributed by atoms with Crippen LogP contribution >= 0.6 is 0 Å². The number of nitrogens with zero attached hydrogens (tertiary/aromatic N) is 2. The average molecular weight is 1090 g/mol. The van der Waals surface area contributed by atoms with E-state index in [0.29, 0.717) is 31.6 Å². The Morgan fingerprint density at radius 1 is 0.709 bits per heavy atom. The molecule has 20 nitrogen and oxygen atoms in total. The Labute approximate surface area is 461 Å². The van der Waals surface area contributed by atoms with Gasteiger partial charge in [0.1, 0.15) is 47.8 Å². The van der Waals surface area contributed by atoms with E-state index in [2.05, 4.69) is 33.5 Å². The molecular formula is C59H77N9O11. The van der Waals surface area contributed by atoms with Crippen molar-refractivity contribution < 1.29 is 53.6 Å². The van der Waals surface area contributed by atoms with Crippen molar-refractivity contribution in [2.75, 3.05) is 32.8 Å². The van der Waals surface area contributed by atoms with E-state index in [1.54, 1.807) is 36.4 Å². The molecule has 0 spiro atoms. The maximum absolute atomic E-state index is 14.5. The lowest BCUT2D eigenvalue weighted by Crippen LogP contribution is -2.61. The maximum Gasteiger partial charge on any atom is 0.251 e. The largest absolute Gasteiger partial charge is 0.508 e. The number of aliphatic hydroxyl groups is 2. The third-order valence-corrected chi connectivity index (χ3v) is 14.8. The van der Waals surface area contributed by atoms with Crippen LogP contribution in [0, 0.1) is 0 Å². The van der Waals surface area contributed by atoms with Gasteiger partial charge in [-0.25, -0.2) is 0 Å². The number of fused-ring (bicyclic) bond motifs is 2. The van der Waals surface area contributed by atoms with E-state index < -0.39 is 95.9 Å². The van der Waals surface area contributed by atoms with Gasteiger partial charge in [-0.3, -0.25) is 33.6 Å². The minimum absolute atomic E-state index is 0.00147. The average Bonchev–Trinajstić information content (AvgIpc) is 4.11. The van der Waals surface area contributed by atoms with Gasteiger partial charge in [-0.05, 0) is 135 Å². The second kappa shape index (κ2) is 28.5. The number of carbonyl (C=O) groups is 7. The molecule has 4 aromatic rings. The smallest absolute Gasteiger partial charge is 0.251 e. The first-order chi connectivity index (χ1) is 38.0. The fourth-order valence-electron chi connectivity index (χ4n) is 10.3. The first-order valence-corrected chi connectivity index (χ1v) is 27.7. The van der Waals surface area contributed by atoms with Crippen molar-refractivity contribution >= 4 is 41.4 Å². The molecule has 0 unspecified atom stereocenters. The molecule has 12 N–H and O–H groups in total. The predicted octanol–water partition coefficient (Wildman–Crippen LogP) is 2.79. The Morgan fingerprint density at radius 3 is 1.95 bits per heavy atom. The fraction of sp³-hybridized carbons (Fsp3) is 0.475. The summed E-state index contributed by atoms with van der Waals surface area (Å²) in [4.78, 5) is 103. The van der Waals surface area contributed by atoms with Gasteiger partial charge in [-0.15, -0.1) is 0 Å². The van der Waals surface area contributed by atoms with E-state index in [0.717, 1.165) is 52.2 Å². The summed E-state index contributed by atoms with van der Waals surface area (Å²) in [7, 11) is 0. The number of carbonyl (C=O) groups excluding carboxylic acids is 7. The van der Waals surface area contributed by atoms with Crippen molar-refractivity contribution in [2.24, 2.45) is 11.5 Å². The lowest BCUT2D eigenvalue weighted by atomic mass is 9.99. The van der Waals surface area contributed by atoms with Gasteiger partial charge in [0.2, 0.25) is 35.4 Å². The monoisotopic (exact) mass is 1090 g/mol. The molecule has 424 valence electrons. The molecule has 79 heavy (non-hydrogen) atoms. The SMILES string of the molecule is CCCCCOc1ccc(-c2ccc(-c3ccc(C(=O)N[C@H]4CCCNC(=O)[C@@H]5C[C@H](N)CN5C(=O)[C@H](CCCCN)NC(=O)[C@H](CCc5ccc(O)cc5)NC(=O)[C@@H]5C[C@@H](O)CN5C(=O)[C@H]([C@@H](C)O)NC4=O)cc3)cc2)cc1. The Morgan fingerprint density at radius 2 is 1.32 bits per heavy atom. The molecule has 3 fully saturated rings. The molecule has 4 aromatic carbocycles. The molecule has 0 aliphatic carbocycles. The molecule has 0 saturated carbocycles. The van der Waals surface area contributed by atoms with Gasteiger partial charge in [-0.1, -0.05) is 80.4 Å². The minimum Gasteiger partial charge on any atom is -0.508 e. The molecule has 0 aromatic heterocycles. The van der Waals surface area contributed by atoms with Crippen LogP contribution in [0.3, 0.4) is 0 Å². The number of aryl methyl sites for hydroxylation is 1. The fourth-order valence-corrected chi connectivity index (χ4v) is 10.3. The molecule has 0 bridgehead atoms. The summed E-state index contributed by atoms with van der Waals surface area (Å²) < 4.78 is 5.87. The molecule has 0 radical (unpaired) electrons.